The highest BCUT2D eigenvalue weighted by Gasteiger charge is 2.89. The lowest BCUT2D eigenvalue weighted by molar-refractivity contribution is -0.429. The minimum atomic E-state index is -7.59. The summed E-state index contributed by atoms with van der Waals surface area (Å²) in [5.41, 5.74) is 0. The largest absolute Gasteiger partial charge is 0.460 e. The van der Waals surface area contributed by atoms with Crippen LogP contribution in [0.4, 0.5) is 52.7 Å². The van der Waals surface area contributed by atoms with Crippen LogP contribution < -0.4 is 0 Å². The van der Waals surface area contributed by atoms with E-state index in [2.05, 4.69) is 0 Å². The van der Waals surface area contributed by atoms with E-state index in [0.29, 0.717) is 23.1 Å². The molecule has 134 valence electrons. The van der Waals surface area contributed by atoms with E-state index in [1.807, 2.05) is 0 Å². The van der Waals surface area contributed by atoms with Crippen molar-refractivity contribution in [2.45, 2.75) is 49.1 Å². The molecular weight excluding hydrogens is 367 g/mol. The number of halogens is 12. The van der Waals surface area contributed by atoms with Crippen molar-refractivity contribution in [1.82, 2.24) is 0 Å². The third-order valence-electron chi connectivity index (χ3n) is 2.86. The Hall–Kier alpha value is -0.410. The van der Waals surface area contributed by atoms with E-state index < -0.39 is 41.2 Å². The van der Waals surface area contributed by atoms with Gasteiger partial charge in [-0.05, 0) is 5.92 Å². The Morgan fingerprint density at radius 1 is 0.545 bits per heavy atom. The van der Waals surface area contributed by atoms with E-state index in [4.69, 9.17) is 0 Å². The van der Waals surface area contributed by atoms with Crippen LogP contribution in [0.25, 0.3) is 0 Å². The van der Waals surface area contributed by atoms with Crippen LogP contribution >= 0.6 is 9.24 Å². The normalized spacial score (nSPS) is 18.5. The first-order chi connectivity index (χ1) is 9.19. The van der Waals surface area contributed by atoms with E-state index >= 15 is 0 Å². The summed E-state index contributed by atoms with van der Waals surface area (Å²) in [6.07, 6.45) is -7.26. The minimum absolute atomic E-state index is 0.438. The molecule has 0 saturated heterocycles. The third kappa shape index (κ3) is 2.65. The zero-order chi connectivity index (χ0) is 18.6. The Balaban J connectivity index is 6.24. The van der Waals surface area contributed by atoms with Crippen molar-refractivity contribution < 1.29 is 52.7 Å². The maximum atomic E-state index is 13.6. The van der Waals surface area contributed by atoms with Crippen molar-refractivity contribution in [3.05, 3.63) is 0 Å². The molecule has 0 amide bonds. The van der Waals surface area contributed by atoms with E-state index in [0.717, 1.165) is 0 Å². The molecule has 0 bridgehead atoms. The molecule has 0 saturated carbocycles. The van der Waals surface area contributed by atoms with Gasteiger partial charge < -0.3 is 0 Å². The second-order valence-electron chi connectivity index (χ2n) is 4.72. The molecule has 0 radical (unpaired) electrons. The highest BCUT2D eigenvalue weighted by molar-refractivity contribution is 7.18. The molecule has 0 aromatic heterocycles. The van der Waals surface area contributed by atoms with Crippen LogP contribution in [0.3, 0.4) is 0 Å². The summed E-state index contributed by atoms with van der Waals surface area (Å²) in [5.74, 6) is -31.1. The predicted molar refractivity (Wildman–Crippen MR) is 54.2 cm³/mol. The summed E-state index contributed by atoms with van der Waals surface area (Å²) >= 11 is 0. The minimum Gasteiger partial charge on any atom is -0.232 e. The first kappa shape index (κ1) is 21.6. The van der Waals surface area contributed by atoms with Crippen LogP contribution in [0.15, 0.2) is 0 Å². The second-order valence-corrected chi connectivity index (χ2v) is 5.56. The quantitative estimate of drug-likeness (QED) is 0.452. The molecule has 0 heterocycles. The van der Waals surface area contributed by atoms with Gasteiger partial charge in [0.15, 0.2) is 5.41 Å². The van der Waals surface area contributed by atoms with Gasteiger partial charge in [-0.15, -0.1) is 0 Å². The van der Waals surface area contributed by atoms with Crippen molar-refractivity contribution >= 4 is 9.24 Å². The van der Waals surface area contributed by atoms with E-state index in [1.54, 1.807) is 0 Å². The molecule has 0 nitrogen and oxygen atoms in total. The lowest BCUT2D eigenvalue weighted by Gasteiger charge is -2.42. The van der Waals surface area contributed by atoms with Crippen molar-refractivity contribution in [3.63, 3.8) is 0 Å². The molecule has 0 aromatic rings. The van der Waals surface area contributed by atoms with Gasteiger partial charge in [0.2, 0.25) is 0 Å². The van der Waals surface area contributed by atoms with Gasteiger partial charge in [0, 0.05) is 0 Å². The maximum Gasteiger partial charge on any atom is 0.460 e. The number of hydrogen-bond donors (Lipinski definition) is 0. The van der Waals surface area contributed by atoms with Crippen LogP contribution in [-0.4, -0.2) is 35.3 Å². The van der Waals surface area contributed by atoms with Gasteiger partial charge in [0.25, 0.3) is 0 Å². The Morgan fingerprint density at radius 2 is 0.818 bits per heavy atom. The lowest BCUT2D eigenvalue weighted by atomic mass is 9.90. The molecule has 0 spiro atoms. The van der Waals surface area contributed by atoms with E-state index in [1.165, 1.54) is 0 Å². The Bertz CT molecular complexity index is 407. The highest BCUT2D eigenvalue weighted by Crippen LogP contribution is 2.62. The summed E-state index contributed by atoms with van der Waals surface area (Å²) in [6.45, 7) is 1.02. The fourth-order valence-electron chi connectivity index (χ4n) is 1.18. The van der Waals surface area contributed by atoms with Gasteiger partial charge >= 0.3 is 29.9 Å². The van der Waals surface area contributed by atoms with Crippen LogP contribution in [0, 0.1) is 5.92 Å². The smallest absolute Gasteiger partial charge is 0.232 e. The van der Waals surface area contributed by atoms with Crippen molar-refractivity contribution in [2.75, 3.05) is 0 Å². The zero-order valence-electron chi connectivity index (χ0n) is 10.7. The van der Waals surface area contributed by atoms with E-state index in [9.17, 15) is 52.7 Å². The highest BCUT2D eigenvalue weighted by atomic mass is 31.0. The number of rotatable bonds is 5. The molecular formula is C9H9F12P. The van der Waals surface area contributed by atoms with Crippen LogP contribution in [0.1, 0.15) is 13.8 Å². The maximum absolute atomic E-state index is 13.6. The standard InChI is InChI=1S/C9H9F12P/c1-3(2)4(10,22)5(11,12)6(13,14)7(15,16)8(17,18)9(19,20)21/h3H,22H2,1-2H3. The molecule has 0 aliphatic rings. The third-order valence-corrected chi connectivity index (χ3v) is 3.89. The summed E-state index contributed by atoms with van der Waals surface area (Å²) in [6, 6.07) is 0. The molecule has 2 unspecified atom stereocenters. The topological polar surface area (TPSA) is 0 Å². The van der Waals surface area contributed by atoms with Gasteiger partial charge in [0.1, 0.15) is 0 Å². The summed E-state index contributed by atoms with van der Waals surface area (Å²) in [7, 11) is 0.438. The Kier molecular flexibility index (Phi) is 5.21. The first-order valence-electron chi connectivity index (χ1n) is 5.25. The molecule has 0 aliphatic carbocycles. The number of alkyl halides is 12. The number of hydrogen-bond acceptors (Lipinski definition) is 0. The molecule has 0 aliphatic heterocycles. The molecule has 2 atom stereocenters. The van der Waals surface area contributed by atoms with Crippen LogP contribution in [0.5, 0.6) is 0 Å². The monoisotopic (exact) mass is 376 g/mol. The molecule has 22 heavy (non-hydrogen) atoms. The Morgan fingerprint density at radius 3 is 1.05 bits per heavy atom. The van der Waals surface area contributed by atoms with Gasteiger partial charge in [0.05, 0.1) is 0 Å². The van der Waals surface area contributed by atoms with Crippen molar-refractivity contribution in [1.29, 1.82) is 0 Å². The first-order valence-corrected chi connectivity index (χ1v) is 5.83. The average molecular weight is 376 g/mol. The predicted octanol–water partition coefficient (Wildman–Crippen LogP) is 5.29. The van der Waals surface area contributed by atoms with Crippen molar-refractivity contribution in [3.8, 4) is 0 Å². The molecule has 0 rings (SSSR count). The molecule has 13 heteroatoms. The fourth-order valence-corrected chi connectivity index (χ4v) is 1.36. The van der Waals surface area contributed by atoms with E-state index in [-0.39, 0.29) is 0 Å². The van der Waals surface area contributed by atoms with Gasteiger partial charge in [-0.25, -0.2) is 4.39 Å². The molecule has 0 aromatic carbocycles. The van der Waals surface area contributed by atoms with Gasteiger partial charge in [-0.2, -0.15) is 48.3 Å². The van der Waals surface area contributed by atoms with Crippen LogP contribution in [0.2, 0.25) is 0 Å². The van der Waals surface area contributed by atoms with Crippen molar-refractivity contribution in [2.24, 2.45) is 5.92 Å². The second kappa shape index (κ2) is 5.31. The van der Waals surface area contributed by atoms with Crippen LogP contribution in [-0.2, 0) is 0 Å². The SMILES string of the molecule is CC(C)C(F)(P)C(F)(F)C(F)(F)C(F)(F)C(F)(F)C(F)(F)F. The molecule has 0 N–H and O–H groups in total. The average Bonchev–Trinajstić information content (AvgIpc) is 2.25. The Labute approximate surface area is 118 Å². The summed E-state index contributed by atoms with van der Waals surface area (Å²) in [4.78, 5) is 0. The fraction of sp³-hybridized carbons (Fsp3) is 1.00. The van der Waals surface area contributed by atoms with Gasteiger partial charge in [-0.1, -0.05) is 23.1 Å². The summed E-state index contributed by atoms with van der Waals surface area (Å²) < 4.78 is 153. The summed E-state index contributed by atoms with van der Waals surface area (Å²) in [5, 5.41) is -4.57. The van der Waals surface area contributed by atoms with Gasteiger partial charge in [-0.3, -0.25) is 0 Å². The zero-order valence-corrected chi connectivity index (χ0v) is 11.8. The molecule has 0 fully saturated rings. The lowest BCUT2D eigenvalue weighted by Crippen LogP contribution is -2.70.